The highest BCUT2D eigenvalue weighted by atomic mass is 16.1. The van der Waals surface area contributed by atoms with Crippen LogP contribution in [0.3, 0.4) is 0 Å². The van der Waals surface area contributed by atoms with Crippen LogP contribution in [0.2, 0.25) is 0 Å². The van der Waals surface area contributed by atoms with Crippen LogP contribution in [-0.2, 0) is 16.8 Å². The molecule has 0 aromatic heterocycles. The van der Waals surface area contributed by atoms with Crippen molar-refractivity contribution in [3.05, 3.63) is 65.7 Å². The van der Waals surface area contributed by atoms with E-state index in [-0.39, 0.29) is 5.41 Å². The first-order chi connectivity index (χ1) is 11.6. The predicted molar refractivity (Wildman–Crippen MR) is 99.0 cm³/mol. The van der Waals surface area contributed by atoms with E-state index in [9.17, 15) is 4.79 Å². The van der Waals surface area contributed by atoms with Gasteiger partial charge in [0.1, 0.15) is 0 Å². The molecule has 1 N–H and O–H groups in total. The summed E-state index contributed by atoms with van der Waals surface area (Å²) in [6.07, 6.45) is 1.87. The highest BCUT2D eigenvalue weighted by Crippen LogP contribution is 2.40. The SMILES string of the molecule is CC1CN(Cc2ccccc2)CCC1(C)c1cccc(NC=O)c1. The van der Waals surface area contributed by atoms with Gasteiger partial charge in [0.25, 0.3) is 0 Å². The lowest BCUT2D eigenvalue weighted by molar-refractivity contribution is -0.105. The Balaban J connectivity index is 1.72. The lowest BCUT2D eigenvalue weighted by Gasteiger charge is -2.45. The van der Waals surface area contributed by atoms with E-state index in [0.717, 1.165) is 38.2 Å². The standard InChI is InChI=1S/C21H26N2O/c1-17-14-23(15-18-7-4-3-5-8-18)12-11-21(17,2)19-9-6-10-20(13-19)22-16-24/h3-10,13,16-17H,11-12,14-15H2,1-2H3,(H,22,24). The largest absolute Gasteiger partial charge is 0.329 e. The molecule has 1 fully saturated rings. The number of hydrogen-bond donors (Lipinski definition) is 1. The average Bonchev–Trinajstić information content (AvgIpc) is 2.60. The van der Waals surface area contributed by atoms with Crippen molar-refractivity contribution in [2.75, 3.05) is 18.4 Å². The molecule has 1 amide bonds. The van der Waals surface area contributed by atoms with Crippen LogP contribution >= 0.6 is 0 Å². The zero-order valence-corrected chi connectivity index (χ0v) is 14.5. The molecule has 3 rings (SSSR count). The number of carbonyl (C=O) groups excluding carboxylic acids is 1. The van der Waals surface area contributed by atoms with Gasteiger partial charge in [0, 0.05) is 18.8 Å². The summed E-state index contributed by atoms with van der Waals surface area (Å²) in [6, 6.07) is 19.0. The number of likely N-dealkylation sites (tertiary alicyclic amines) is 1. The third-order valence-corrected chi connectivity index (χ3v) is 5.56. The van der Waals surface area contributed by atoms with Gasteiger partial charge >= 0.3 is 0 Å². The zero-order chi connectivity index (χ0) is 17.0. The maximum Gasteiger partial charge on any atom is 0.211 e. The van der Waals surface area contributed by atoms with E-state index < -0.39 is 0 Å². The average molecular weight is 322 g/mol. The van der Waals surface area contributed by atoms with Gasteiger partial charge in [-0.15, -0.1) is 0 Å². The van der Waals surface area contributed by atoms with E-state index in [0.29, 0.717) is 5.92 Å². The van der Waals surface area contributed by atoms with E-state index in [1.54, 1.807) is 0 Å². The second-order valence-corrected chi connectivity index (χ2v) is 7.13. The van der Waals surface area contributed by atoms with Crippen molar-refractivity contribution in [2.45, 2.75) is 32.2 Å². The van der Waals surface area contributed by atoms with Gasteiger partial charge in [0.2, 0.25) is 6.41 Å². The molecule has 2 aromatic carbocycles. The quantitative estimate of drug-likeness (QED) is 0.842. The van der Waals surface area contributed by atoms with Crippen LogP contribution in [0.25, 0.3) is 0 Å². The Bertz CT molecular complexity index is 685. The highest BCUT2D eigenvalue weighted by Gasteiger charge is 2.37. The number of benzene rings is 2. The zero-order valence-electron chi connectivity index (χ0n) is 14.5. The summed E-state index contributed by atoms with van der Waals surface area (Å²) in [4.78, 5) is 13.3. The van der Waals surface area contributed by atoms with E-state index in [4.69, 9.17) is 0 Å². The minimum Gasteiger partial charge on any atom is -0.329 e. The van der Waals surface area contributed by atoms with Crippen LogP contribution in [0.15, 0.2) is 54.6 Å². The number of piperidine rings is 1. The molecule has 2 unspecified atom stereocenters. The van der Waals surface area contributed by atoms with Gasteiger partial charge in [-0.2, -0.15) is 0 Å². The predicted octanol–water partition coefficient (Wildman–Crippen LogP) is 4.05. The maximum atomic E-state index is 10.7. The molecule has 0 bridgehead atoms. The molecule has 2 aromatic rings. The van der Waals surface area contributed by atoms with E-state index in [1.807, 2.05) is 12.1 Å². The normalized spacial score (nSPS) is 24.5. The fourth-order valence-electron chi connectivity index (χ4n) is 3.76. The Morgan fingerprint density at radius 3 is 2.71 bits per heavy atom. The summed E-state index contributed by atoms with van der Waals surface area (Å²) in [6.45, 7) is 7.92. The molecule has 2 atom stereocenters. The van der Waals surface area contributed by atoms with E-state index in [2.05, 4.69) is 66.5 Å². The first-order valence-corrected chi connectivity index (χ1v) is 8.69. The number of nitrogens with zero attached hydrogens (tertiary/aromatic N) is 1. The van der Waals surface area contributed by atoms with Crippen molar-refractivity contribution in [1.82, 2.24) is 4.90 Å². The van der Waals surface area contributed by atoms with Crippen LogP contribution in [-0.4, -0.2) is 24.4 Å². The summed E-state index contributed by atoms with van der Waals surface area (Å²) in [7, 11) is 0. The Morgan fingerprint density at radius 1 is 1.21 bits per heavy atom. The number of nitrogens with one attached hydrogen (secondary N) is 1. The van der Waals surface area contributed by atoms with Crippen LogP contribution in [0.5, 0.6) is 0 Å². The van der Waals surface area contributed by atoms with Crippen molar-refractivity contribution in [1.29, 1.82) is 0 Å². The van der Waals surface area contributed by atoms with Crippen LogP contribution in [0.1, 0.15) is 31.4 Å². The third-order valence-electron chi connectivity index (χ3n) is 5.56. The Kier molecular flexibility index (Phi) is 5.00. The topological polar surface area (TPSA) is 32.3 Å². The Hall–Kier alpha value is -2.13. The number of amides is 1. The smallest absolute Gasteiger partial charge is 0.211 e. The van der Waals surface area contributed by atoms with Gasteiger partial charge in [-0.05, 0) is 47.6 Å². The number of anilines is 1. The number of rotatable bonds is 5. The van der Waals surface area contributed by atoms with E-state index in [1.165, 1.54) is 11.1 Å². The molecule has 1 aliphatic heterocycles. The second kappa shape index (κ2) is 7.18. The van der Waals surface area contributed by atoms with Gasteiger partial charge in [-0.1, -0.05) is 56.3 Å². The molecule has 126 valence electrons. The van der Waals surface area contributed by atoms with Crippen molar-refractivity contribution in [3.63, 3.8) is 0 Å². The number of hydrogen-bond acceptors (Lipinski definition) is 2. The van der Waals surface area contributed by atoms with Gasteiger partial charge in [0.05, 0.1) is 0 Å². The lowest BCUT2D eigenvalue weighted by atomic mass is 9.68. The molecule has 1 aliphatic rings. The molecule has 24 heavy (non-hydrogen) atoms. The lowest BCUT2D eigenvalue weighted by Crippen LogP contribution is -2.46. The summed E-state index contributed by atoms with van der Waals surface area (Å²) in [5, 5.41) is 2.77. The van der Waals surface area contributed by atoms with Crippen molar-refractivity contribution < 1.29 is 4.79 Å². The van der Waals surface area contributed by atoms with Gasteiger partial charge in [0.15, 0.2) is 0 Å². The monoisotopic (exact) mass is 322 g/mol. The Morgan fingerprint density at radius 2 is 2.00 bits per heavy atom. The maximum absolute atomic E-state index is 10.7. The van der Waals surface area contributed by atoms with E-state index >= 15 is 0 Å². The van der Waals surface area contributed by atoms with Crippen molar-refractivity contribution >= 4 is 12.1 Å². The Labute approximate surface area is 144 Å². The first kappa shape index (κ1) is 16.7. The minimum atomic E-state index is 0.147. The number of carbonyl (C=O) groups is 1. The summed E-state index contributed by atoms with van der Waals surface area (Å²) >= 11 is 0. The van der Waals surface area contributed by atoms with Gasteiger partial charge in [-0.3, -0.25) is 9.69 Å². The molecular formula is C21H26N2O. The van der Waals surface area contributed by atoms with Gasteiger partial charge in [-0.25, -0.2) is 0 Å². The molecular weight excluding hydrogens is 296 g/mol. The van der Waals surface area contributed by atoms with Gasteiger partial charge < -0.3 is 5.32 Å². The minimum absolute atomic E-state index is 0.147. The van der Waals surface area contributed by atoms with Crippen LogP contribution in [0.4, 0.5) is 5.69 Å². The molecule has 1 saturated heterocycles. The third kappa shape index (κ3) is 3.51. The molecule has 0 aliphatic carbocycles. The first-order valence-electron chi connectivity index (χ1n) is 8.69. The molecule has 0 spiro atoms. The van der Waals surface area contributed by atoms with Crippen molar-refractivity contribution in [3.8, 4) is 0 Å². The molecule has 3 heteroatoms. The fourth-order valence-corrected chi connectivity index (χ4v) is 3.76. The molecule has 0 radical (unpaired) electrons. The molecule has 1 heterocycles. The van der Waals surface area contributed by atoms with Crippen molar-refractivity contribution in [2.24, 2.45) is 5.92 Å². The summed E-state index contributed by atoms with van der Waals surface area (Å²) in [5.74, 6) is 0.557. The fraction of sp³-hybridized carbons (Fsp3) is 0.381. The van der Waals surface area contributed by atoms with Crippen LogP contribution < -0.4 is 5.32 Å². The van der Waals surface area contributed by atoms with Crippen LogP contribution in [0, 0.1) is 5.92 Å². The highest BCUT2D eigenvalue weighted by molar-refractivity contribution is 5.71. The molecule has 3 nitrogen and oxygen atoms in total. The molecule has 0 saturated carbocycles. The summed E-state index contributed by atoms with van der Waals surface area (Å²) in [5.41, 5.74) is 3.72. The second-order valence-electron chi connectivity index (χ2n) is 7.13. The summed E-state index contributed by atoms with van der Waals surface area (Å²) < 4.78 is 0.